The van der Waals surface area contributed by atoms with Crippen molar-refractivity contribution in [3.8, 4) is 0 Å². The minimum absolute atomic E-state index is 0. The van der Waals surface area contributed by atoms with E-state index in [1.807, 2.05) is 64.2 Å². The molecule has 0 N–H and O–H groups in total. The average Bonchev–Trinajstić information content (AvgIpc) is 2.93. The van der Waals surface area contributed by atoms with Gasteiger partial charge in [-0.15, -0.1) is 8.58 Å². The summed E-state index contributed by atoms with van der Waals surface area (Å²) in [6, 6.07) is 0. The summed E-state index contributed by atoms with van der Waals surface area (Å²) in [6.07, 6.45) is 20.0. The SMILES string of the molecule is CC(C)(C)PC(C)(C)C.[CH]1[CH][CH][CH][CH]1.[CH]1[CH][CH][CH][CH]1.[Yb]. The molecule has 0 spiro atoms. The summed E-state index contributed by atoms with van der Waals surface area (Å²) in [5.41, 5.74) is 0. The maximum Gasteiger partial charge on any atom is 0 e. The first-order valence-electron chi connectivity index (χ1n) is 6.83. The fraction of sp³-hybridized carbons (Fsp3) is 0.444. The minimum atomic E-state index is 0. The summed E-state index contributed by atoms with van der Waals surface area (Å²) in [6.45, 7) is 13.8. The molecule has 2 aliphatic carbocycles. The minimum Gasteiger partial charge on any atom is -0.111 e. The fourth-order valence-corrected chi connectivity index (χ4v) is 4.02. The zero-order chi connectivity index (χ0) is 14.8. The van der Waals surface area contributed by atoms with E-state index in [-0.39, 0.29) is 46.9 Å². The van der Waals surface area contributed by atoms with Crippen molar-refractivity contribution in [1.82, 2.24) is 0 Å². The van der Waals surface area contributed by atoms with Gasteiger partial charge in [0.1, 0.15) is 0 Å². The summed E-state index contributed by atoms with van der Waals surface area (Å²) in [7, 11) is 1.05. The summed E-state index contributed by atoms with van der Waals surface area (Å²) in [5, 5.41) is 1.02. The smallest absolute Gasteiger partial charge is 0 e. The number of hydrogen-bond acceptors (Lipinski definition) is 0. The Morgan fingerprint density at radius 2 is 0.600 bits per heavy atom. The van der Waals surface area contributed by atoms with Crippen LogP contribution in [0.3, 0.4) is 0 Å². The Hall–Kier alpha value is 1.95. The van der Waals surface area contributed by atoms with Gasteiger partial charge in [0.05, 0.1) is 0 Å². The van der Waals surface area contributed by atoms with Crippen LogP contribution in [0.5, 0.6) is 0 Å². The van der Waals surface area contributed by atoms with Crippen LogP contribution in [0, 0.1) is 111 Å². The van der Waals surface area contributed by atoms with Crippen molar-refractivity contribution < 1.29 is 46.9 Å². The molecule has 0 bridgehead atoms. The van der Waals surface area contributed by atoms with Gasteiger partial charge in [0.25, 0.3) is 0 Å². The van der Waals surface area contributed by atoms with Gasteiger partial charge in [0.2, 0.25) is 0 Å². The van der Waals surface area contributed by atoms with Crippen LogP contribution in [0.1, 0.15) is 41.5 Å². The van der Waals surface area contributed by atoms with E-state index in [2.05, 4.69) is 41.5 Å². The zero-order valence-electron chi connectivity index (χ0n) is 13.5. The maximum atomic E-state index is 2.30. The van der Waals surface area contributed by atoms with Crippen molar-refractivity contribution in [1.29, 1.82) is 0 Å². The number of rotatable bonds is 0. The Morgan fingerprint density at radius 3 is 0.650 bits per heavy atom. The first kappa shape index (κ1) is 24.2. The van der Waals surface area contributed by atoms with E-state index < -0.39 is 0 Å². The molecule has 2 fully saturated rings. The van der Waals surface area contributed by atoms with Gasteiger partial charge in [-0.1, -0.05) is 41.5 Å². The van der Waals surface area contributed by atoms with Crippen LogP contribution < -0.4 is 0 Å². The van der Waals surface area contributed by atoms with Crippen molar-refractivity contribution in [2.45, 2.75) is 51.9 Å². The molecule has 0 amide bonds. The topological polar surface area (TPSA) is 0 Å². The normalized spacial score (nSPS) is 18.3. The molecule has 0 heterocycles. The van der Waals surface area contributed by atoms with E-state index in [4.69, 9.17) is 0 Å². The van der Waals surface area contributed by atoms with Gasteiger partial charge in [-0.2, -0.15) is 0 Å². The largest absolute Gasteiger partial charge is 0.111 e. The van der Waals surface area contributed by atoms with E-state index in [1.54, 1.807) is 0 Å². The Morgan fingerprint density at radius 1 is 0.450 bits per heavy atom. The molecule has 0 aliphatic heterocycles. The third kappa shape index (κ3) is 22.2. The van der Waals surface area contributed by atoms with E-state index in [1.165, 1.54) is 0 Å². The molecule has 0 unspecified atom stereocenters. The first-order chi connectivity index (χ1) is 8.71. The van der Waals surface area contributed by atoms with Crippen molar-refractivity contribution >= 4 is 8.58 Å². The molecular weight excluding hydrogens is 420 g/mol. The van der Waals surface area contributed by atoms with Crippen LogP contribution in [0.25, 0.3) is 0 Å². The molecule has 0 saturated heterocycles. The predicted molar refractivity (Wildman–Crippen MR) is 90.8 cm³/mol. The summed E-state index contributed by atoms with van der Waals surface area (Å²) in [5.74, 6) is 0. The van der Waals surface area contributed by atoms with Crippen LogP contribution in [-0.4, -0.2) is 10.3 Å². The Kier molecular flexibility index (Phi) is 16.2. The van der Waals surface area contributed by atoms with E-state index >= 15 is 0 Å². The van der Waals surface area contributed by atoms with Crippen LogP contribution in [-0.2, 0) is 0 Å². The van der Waals surface area contributed by atoms with Crippen LogP contribution in [0.4, 0.5) is 0 Å². The summed E-state index contributed by atoms with van der Waals surface area (Å²) >= 11 is 0. The maximum absolute atomic E-state index is 2.30. The Balaban J connectivity index is 0. The second kappa shape index (κ2) is 13.4. The van der Waals surface area contributed by atoms with Gasteiger partial charge in [-0.25, -0.2) is 0 Å². The third-order valence-corrected chi connectivity index (χ3v) is 3.36. The second-order valence-electron chi connectivity index (χ2n) is 6.55. The second-order valence-corrected chi connectivity index (χ2v) is 9.80. The van der Waals surface area contributed by atoms with Gasteiger partial charge in [0.15, 0.2) is 0 Å². The fourth-order valence-electron chi connectivity index (χ4n) is 1.77. The summed E-state index contributed by atoms with van der Waals surface area (Å²) in [4.78, 5) is 0. The van der Waals surface area contributed by atoms with Gasteiger partial charge in [-0.3, -0.25) is 0 Å². The molecule has 2 rings (SSSR count). The van der Waals surface area contributed by atoms with E-state index in [9.17, 15) is 0 Å². The van der Waals surface area contributed by atoms with Crippen LogP contribution in [0.2, 0.25) is 0 Å². The van der Waals surface area contributed by atoms with Gasteiger partial charge >= 0.3 is 0 Å². The van der Waals surface area contributed by atoms with Crippen LogP contribution >= 0.6 is 8.58 Å². The standard InChI is InChI=1S/C8H19P.2C5H5.Yb/c1-7(2,3)9-8(4,5)6;2*1-2-4-5-3-1;/h9H,1-6H3;2*1-5H;. The number of hydrogen-bond donors (Lipinski definition) is 0. The molecule has 0 aromatic rings. The molecule has 0 nitrogen and oxygen atoms in total. The molecular formula is C18H29PYb. The molecule has 2 heteroatoms. The van der Waals surface area contributed by atoms with Crippen molar-refractivity contribution in [2.75, 3.05) is 0 Å². The van der Waals surface area contributed by atoms with Crippen molar-refractivity contribution in [2.24, 2.45) is 0 Å². The van der Waals surface area contributed by atoms with Crippen LogP contribution in [0.15, 0.2) is 0 Å². The molecule has 0 atom stereocenters. The average molecular weight is 449 g/mol. The van der Waals surface area contributed by atoms with Crippen molar-refractivity contribution in [3.05, 3.63) is 64.2 Å². The molecule has 10 radical (unpaired) electrons. The Labute approximate surface area is 170 Å². The molecule has 20 heavy (non-hydrogen) atoms. The predicted octanol–water partition coefficient (Wildman–Crippen LogP) is 5.30. The monoisotopic (exact) mass is 450 g/mol. The molecule has 120 valence electrons. The molecule has 0 aromatic heterocycles. The van der Waals surface area contributed by atoms with Crippen molar-refractivity contribution in [3.63, 3.8) is 0 Å². The van der Waals surface area contributed by atoms with Gasteiger partial charge in [0, 0.05) is 46.9 Å². The summed E-state index contributed by atoms with van der Waals surface area (Å²) < 4.78 is 0. The quantitative estimate of drug-likeness (QED) is 0.440. The third-order valence-electron chi connectivity index (χ3n) is 1.86. The van der Waals surface area contributed by atoms with Gasteiger partial charge in [-0.05, 0) is 74.5 Å². The van der Waals surface area contributed by atoms with Gasteiger partial charge < -0.3 is 0 Å². The van der Waals surface area contributed by atoms with E-state index in [0.29, 0.717) is 10.3 Å². The molecule has 0 aromatic carbocycles. The van der Waals surface area contributed by atoms with E-state index in [0.717, 1.165) is 8.58 Å². The first-order valence-corrected chi connectivity index (χ1v) is 7.83. The Bertz CT molecular complexity index is 155. The molecule has 2 saturated carbocycles. The zero-order valence-corrected chi connectivity index (χ0v) is 16.3. The molecule has 2 aliphatic rings.